The number of nitrogens with zero attached hydrogens (tertiary/aromatic N) is 1. The molecule has 0 bridgehead atoms. The SMILES string of the molecule is CCN(CC)S(=O)(=O)c1ccc(/C=C/C(=O)NC2CCCCC2)cc1. The minimum absolute atomic E-state index is 0.0910. The quantitative estimate of drug-likeness (QED) is 0.756. The lowest BCUT2D eigenvalue weighted by molar-refractivity contribution is -0.117. The predicted molar refractivity (Wildman–Crippen MR) is 101 cm³/mol. The fourth-order valence-corrected chi connectivity index (χ4v) is 4.59. The van der Waals surface area contributed by atoms with E-state index in [2.05, 4.69) is 5.32 Å². The van der Waals surface area contributed by atoms with Crippen molar-refractivity contribution in [2.45, 2.75) is 56.9 Å². The molecule has 0 aromatic heterocycles. The van der Waals surface area contributed by atoms with E-state index in [0.717, 1.165) is 18.4 Å². The summed E-state index contributed by atoms with van der Waals surface area (Å²) in [5, 5.41) is 3.03. The number of carbonyl (C=O) groups excluding carboxylic acids is 1. The standard InChI is InChI=1S/C19H28N2O3S/c1-3-21(4-2)25(23,24)18-13-10-16(11-14-18)12-15-19(22)20-17-8-6-5-7-9-17/h10-15,17H,3-9H2,1-2H3,(H,20,22)/b15-12+. The molecule has 1 aliphatic carbocycles. The minimum atomic E-state index is -3.44. The minimum Gasteiger partial charge on any atom is -0.350 e. The van der Waals surface area contributed by atoms with Gasteiger partial charge in [-0.25, -0.2) is 8.42 Å². The maximum absolute atomic E-state index is 12.4. The van der Waals surface area contributed by atoms with Gasteiger partial charge in [-0.1, -0.05) is 45.2 Å². The van der Waals surface area contributed by atoms with Crippen LogP contribution < -0.4 is 5.32 Å². The molecule has 1 N–H and O–H groups in total. The molecular weight excluding hydrogens is 336 g/mol. The first kappa shape index (κ1) is 19.7. The molecule has 0 atom stereocenters. The monoisotopic (exact) mass is 364 g/mol. The van der Waals surface area contributed by atoms with Gasteiger partial charge in [0.05, 0.1) is 4.90 Å². The summed E-state index contributed by atoms with van der Waals surface area (Å²) in [6, 6.07) is 6.91. The molecule has 1 aliphatic rings. The van der Waals surface area contributed by atoms with Crippen LogP contribution in [-0.2, 0) is 14.8 Å². The third-order valence-corrected chi connectivity index (χ3v) is 6.67. The van der Waals surface area contributed by atoms with Gasteiger partial charge in [0.2, 0.25) is 15.9 Å². The maximum atomic E-state index is 12.4. The van der Waals surface area contributed by atoms with Crippen LogP contribution in [-0.4, -0.2) is 37.8 Å². The Balaban J connectivity index is 1.98. The highest BCUT2D eigenvalue weighted by molar-refractivity contribution is 7.89. The van der Waals surface area contributed by atoms with Crippen LogP contribution in [0.25, 0.3) is 6.08 Å². The van der Waals surface area contributed by atoms with Crippen LogP contribution in [0.3, 0.4) is 0 Å². The van der Waals surface area contributed by atoms with E-state index in [1.807, 2.05) is 13.8 Å². The Morgan fingerprint density at radius 3 is 2.28 bits per heavy atom. The van der Waals surface area contributed by atoms with E-state index in [1.165, 1.54) is 29.6 Å². The Morgan fingerprint density at radius 1 is 1.12 bits per heavy atom. The number of nitrogens with one attached hydrogen (secondary N) is 1. The van der Waals surface area contributed by atoms with Gasteiger partial charge in [0.15, 0.2) is 0 Å². The van der Waals surface area contributed by atoms with Crippen molar-refractivity contribution in [3.05, 3.63) is 35.9 Å². The van der Waals surface area contributed by atoms with Crippen LogP contribution in [0.2, 0.25) is 0 Å². The maximum Gasteiger partial charge on any atom is 0.244 e. The number of hydrogen-bond donors (Lipinski definition) is 1. The molecule has 2 rings (SSSR count). The molecule has 1 aromatic carbocycles. The van der Waals surface area contributed by atoms with Gasteiger partial charge in [0.25, 0.3) is 0 Å². The van der Waals surface area contributed by atoms with Crippen molar-refractivity contribution >= 4 is 22.0 Å². The van der Waals surface area contributed by atoms with Crippen molar-refractivity contribution in [3.8, 4) is 0 Å². The van der Waals surface area contributed by atoms with Gasteiger partial charge in [-0.2, -0.15) is 4.31 Å². The number of amides is 1. The summed E-state index contributed by atoms with van der Waals surface area (Å²) in [4.78, 5) is 12.3. The van der Waals surface area contributed by atoms with Crippen molar-refractivity contribution in [1.82, 2.24) is 9.62 Å². The number of sulfonamides is 1. The molecule has 0 heterocycles. The summed E-state index contributed by atoms with van der Waals surface area (Å²) >= 11 is 0. The molecule has 0 spiro atoms. The van der Waals surface area contributed by atoms with Crippen LogP contribution in [0.4, 0.5) is 0 Å². The van der Waals surface area contributed by atoms with Crippen molar-refractivity contribution < 1.29 is 13.2 Å². The summed E-state index contributed by atoms with van der Waals surface area (Å²) in [5.74, 6) is -0.0910. The Morgan fingerprint density at radius 2 is 1.72 bits per heavy atom. The van der Waals surface area contributed by atoms with Crippen molar-refractivity contribution in [3.63, 3.8) is 0 Å². The zero-order valence-electron chi connectivity index (χ0n) is 15.1. The molecule has 0 unspecified atom stereocenters. The molecule has 0 radical (unpaired) electrons. The van der Waals surface area contributed by atoms with Gasteiger partial charge < -0.3 is 5.32 Å². The van der Waals surface area contributed by atoms with Gasteiger partial charge in [0.1, 0.15) is 0 Å². The Labute approximate surface area is 151 Å². The summed E-state index contributed by atoms with van der Waals surface area (Å²) in [6.07, 6.45) is 8.95. The van der Waals surface area contributed by atoms with Gasteiger partial charge in [-0.05, 0) is 36.6 Å². The van der Waals surface area contributed by atoms with Gasteiger partial charge in [0, 0.05) is 25.2 Å². The zero-order chi connectivity index (χ0) is 18.3. The van der Waals surface area contributed by atoms with Crippen LogP contribution in [0.1, 0.15) is 51.5 Å². The van der Waals surface area contributed by atoms with Crippen LogP contribution in [0.5, 0.6) is 0 Å². The summed E-state index contributed by atoms with van der Waals surface area (Å²) in [6.45, 7) is 4.54. The van der Waals surface area contributed by atoms with Crippen molar-refractivity contribution in [2.75, 3.05) is 13.1 Å². The van der Waals surface area contributed by atoms with Crippen LogP contribution in [0.15, 0.2) is 35.2 Å². The molecule has 0 saturated heterocycles. The molecular formula is C19H28N2O3S. The highest BCUT2D eigenvalue weighted by Crippen LogP contribution is 2.18. The summed E-state index contributed by atoms with van der Waals surface area (Å²) < 4.78 is 26.3. The second-order valence-corrected chi connectivity index (χ2v) is 8.27. The lowest BCUT2D eigenvalue weighted by Crippen LogP contribution is -2.34. The average Bonchev–Trinajstić information content (AvgIpc) is 2.62. The van der Waals surface area contributed by atoms with E-state index in [0.29, 0.717) is 13.1 Å². The van der Waals surface area contributed by atoms with Crippen LogP contribution in [0, 0.1) is 0 Å². The predicted octanol–water partition coefficient (Wildman–Crippen LogP) is 3.18. The lowest BCUT2D eigenvalue weighted by Gasteiger charge is -2.21. The van der Waals surface area contributed by atoms with E-state index in [-0.39, 0.29) is 16.8 Å². The molecule has 6 heteroatoms. The highest BCUT2D eigenvalue weighted by Gasteiger charge is 2.21. The van der Waals surface area contributed by atoms with E-state index in [9.17, 15) is 13.2 Å². The number of benzene rings is 1. The molecule has 25 heavy (non-hydrogen) atoms. The molecule has 1 amide bonds. The third-order valence-electron chi connectivity index (χ3n) is 4.60. The fourth-order valence-electron chi connectivity index (χ4n) is 3.13. The Kier molecular flexibility index (Phi) is 7.20. The topological polar surface area (TPSA) is 66.5 Å². The summed E-state index contributed by atoms with van der Waals surface area (Å²) in [5.41, 5.74) is 0.803. The second-order valence-electron chi connectivity index (χ2n) is 6.34. The highest BCUT2D eigenvalue weighted by atomic mass is 32.2. The second kappa shape index (κ2) is 9.15. The number of rotatable bonds is 7. The Bertz CT molecular complexity index is 686. The van der Waals surface area contributed by atoms with E-state index in [1.54, 1.807) is 30.3 Å². The first-order chi connectivity index (χ1) is 12.0. The van der Waals surface area contributed by atoms with Gasteiger partial charge in [-0.15, -0.1) is 0 Å². The Hall–Kier alpha value is -1.66. The average molecular weight is 365 g/mol. The molecule has 5 nitrogen and oxygen atoms in total. The molecule has 0 aliphatic heterocycles. The lowest BCUT2D eigenvalue weighted by atomic mass is 9.95. The van der Waals surface area contributed by atoms with Crippen LogP contribution >= 0.6 is 0 Å². The van der Waals surface area contributed by atoms with Crippen molar-refractivity contribution in [1.29, 1.82) is 0 Å². The number of hydrogen-bond acceptors (Lipinski definition) is 3. The largest absolute Gasteiger partial charge is 0.350 e. The first-order valence-electron chi connectivity index (χ1n) is 9.06. The summed E-state index contributed by atoms with van der Waals surface area (Å²) in [7, 11) is -3.44. The zero-order valence-corrected chi connectivity index (χ0v) is 15.9. The number of carbonyl (C=O) groups is 1. The van der Waals surface area contributed by atoms with E-state index >= 15 is 0 Å². The fraction of sp³-hybridized carbons (Fsp3) is 0.526. The smallest absolute Gasteiger partial charge is 0.244 e. The first-order valence-corrected chi connectivity index (χ1v) is 10.5. The van der Waals surface area contributed by atoms with Crippen molar-refractivity contribution in [2.24, 2.45) is 0 Å². The molecule has 1 fully saturated rings. The van der Waals surface area contributed by atoms with Gasteiger partial charge in [-0.3, -0.25) is 4.79 Å². The third kappa shape index (κ3) is 5.41. The molecule has 1 saturated carbocycles. The normalized spacial score (nSPS) is 16.4. The van der Waals surface area contributed by atoms with E-state index < -0.39 is 10.0 Å². The molecule has 138 valence electrons. The van der Waals surface area contributed by atoms with Gasteiger partial charge >= 0.3 is 0 Å². The van der Waals surface area contributed by atoms with E-state index in [4.69, 9.17) is 0 Å². The molecule has 1 aromatic rings.